The van der Waals surface area contributed by atoms with Gasteiger partial charge in [0.05, 0.1) is 4.92 Å². The third-order valence-corrected chi connectivity index (χ3v) is 5.10. The highest BCUT2D eigenvalue weighted by molar-refractivity contribution is 7.98. The van der Waals surface area contributed by atoms with E-state index in [-0.39, 0.29) is 10.6 Å². The highest BCUT2D eigenvalue weighted by Crippen LogP contribution is 2.41. The van der Waals surface area contributed by atoms with Crippen LogP contribution in [0.15, 0.2) is 59.8 Å². The summed E-state index contributed by atoms with van der Waals surface area (Å²) in [6, 6.07) is 16.8. The van der Waals surface area contributed by atoms with Crippen LogP contribution in [0.4, 0.5) is 5.69 Å². The van der Waals surface area contributed by atoms with Crippen molar-refractivity contribution in [2.75, 3.05) is 0 Å². The van der Waals surface area contributed by atoms with E-state index >= 15 is 0 Å². The van der Waals surface area contributed by atoms with Crippen molar-refractivity contribution in [1.82, 2.24) is 14.8 Å². The smallest absolute Gasteiger partial charge is 0.269 e. The van der Waals surface area contributed by atoms with E-state index in [1.165, 1.54) is 6.07 Å². The maximum Gasteiger partial charge on any atom is 0.269 e. The van der Waals surface area contributed by atoms with Crippen LogP contribution in [0.2, 0.25) is 0 Å². The molecule has 0 N–H and O–H groups in total. The molecule has 1 heterocycles. The molecule has 6 nitrogen and oxygen atoms in total. The van der Waals surface area contributed by atoms with Gasteiger partial charge in [-0.25, -0.2) is 0 Å². The van der Waals surface area contributed by atoms with E-state index in [9.17, 15) is 10.1 Å². The van der Waals surface area contributed by atoms with Crippen molar-refractivity contribution in [2.45, 2.75) is 29.7 Å². The molecule has 0 amide bonds. The number of nitrogens with zero attached hydrogens (tertiary/aromatic N) is 4. The molecule has 4 rings (SSSR count). The molecule has 1 aliphatic carbocycles. The summed E-state index contributed by atoms with van der Waals surface area (Å²) in [4.78, 5) is 10.6. The van der Waals surface area contributed by atoms with Gasteiger partial charge in [0.1, 0.15) is 5.82 Å². The van der Waals surface area contributed by atoms with Crippen molar-refractivity contribution >= 4 is 17.4 Å². The quantitative estimate of drug-likeness (QED) is 0.375. The molecule has 25 heavy (non-hydrogen) atoms. The molecule has 0 unspecified atom stereocenters. The first-order valence-corrected chi connectivity index (χ1v) is 9.08. The fraction of sp³-hybridized carbons (Fsp3) is 0.222. The Morgan fingerprint density at radius 3 is 2.64 bits per heavy atom. The summed E-state index contributed by atoms with van der Waals surface area (Å²) in [5.41, 5.74) is 2.06. The van der Waals surface area contributed by atoms with Gasteiger partial charge in [-0.15, -0.1) is 10.2 Å². The Kier molecular flexibility index (Phi) is 4.23. The zero-order valence-electron chi connectivity index (χ0n) is 13.4. The number of aromatic nitrogens is 3. The van der Waals surface area contributed by atoms with Crippen LogP contribution < -0.4 is 0 Å². The Balaban J connectivity index is 1.61. The van der Waals surface area contributed by atoms with Crippen molar-refractivity contribution in [3.8, 4) is 5.69 Å². The third kappa shape index (κ3) is 3.41. The van der Waals surface area contributed by atoms with Gasteiger partial charge in [-0.05, 0) is 30.5 Å². The number of non-ortho nitro benzene ring substituents is 1. The first-order chi connectivity index (χ1) is 12.2. The van der Waals surface area contributed by atoms with Gasteiger partial charge in [0, 0.05) is 29.5 Å². The van der Waals surface area contributed by atoms with Gasteiger partial charge in [0.2, 0.25) is 0 Å². The van der Waals surface area contributed by atoms with E-state index in [1.54, 1.807) is 23.9 Å². The van der Waals surface area contributed by atoms with Gasteiger partial charge in [-0.1, -0.05) is 42.1 Å². The van der Waals surface area contributed by atoms with Crippen LogP contribution in [0.1, 0.15) is 30.1 Å². The van der Waals surface area contributed by atoms with Crippen LogP contribution in [0.25, 0.3) is 5.69 Å². The number of thioether (sulfide) groups is 1. The minimum Gasteiger partial charge on any atom is -0.274 e. The summed E-state index contributed by atoms with van der Waals surface area (Å²) < 4.78 is 2.11. The number of benzene rings is 2. The van der Waals surface area contributed by atoms with E-state index in [0.29, 0.717) is 11.7 Å². The number of para-hydroxylation sites is 1. The molecule has 0 radical (unpaired) electrons. The Labute approximate surface area is 149 Å². The zero-order valence-corrected chi connectivity index (χ0v) is 14.2. The maximum atomic E-state index is 10.9. The summed E-state index contributed by atoms with van der Waals surface area (Å²) in [5, 5.41) is 20.5. The lowest BCUT2D eigenvalue weighted by atomic mass is 10.2. The van der Waals surface area contributed by atoms with E-state index in [0.717, 1.165) is 35.1 Å². The first kappa shape index (κ1) is 15.8. The summed E-state index contributed by atoms with van der Waals surface area (Å²) in [6.45, 7) is 0. The standard InChI is InChI=1S/C18H16N4O2S/c23-22(24)16-8-4-5-13(11-16)12-25-18-20-19-17(14-9-10-14)21(18)15-6-2-1-3-7-15/h1-8,11,14H,9-10,12H2. The molecule has 1 aromatic heterocycles. The molecule has 0 bridgehead atoms. The van der Waals surface area contributed by atoms with Gasteiger partial charge in [-0.2, -0.15) is 0 Å². The van der Waals surface area contributed by atoms with E-state index in [1.807, 2.05) is 36.4 Å². The van der Waals surface area contributed by atoms with Gasteiger partial charge in [-0.3, -0.25) is 14.7 Å². The first-order valence-electron chi connectivity index (χ1n) is 8.09. The number of hydrogen-bond donors (Lipinski definition) is 0. The number of rotatable bonds is 6. The monoisotopic (exact) mass is 352 g/mol. The summed E-state index contributed by atoms with van der Waals surface area (Å²) in [7, 11) is 0. The van der Waals surface area contributed by atoms with Crippen molar-refractivity contribution in [2.24, 2.45) is 0 Å². The van der Waals surface area contributed by atoms with Crippen LogP contribution in [0.5, 0.6) is 0 Å². The van der Waals surface area contributed by atoms with Crippen LogP contribution in [-0.2, 0) is 5.75 Å². The van der Waals surface area contributed by atoms with Crippen LogP contribution in [0, 0.1) is 10.1 Å². The predicted octanol–water partition coefficient (Wildman–Crippen LogP) is 4.35. The summed E-state index contributed by atoms with van der Waals surface area (Å²) in [5.74, 6) is 2.10. The highest BCUT2D eigenvalue weighted by atomic mass is 32.2. The molecule has 0 saturated heterocycles. The molecule has 1 saturated carbocycles. The van der Waals surface area contributed by atoms with Gasteiger partial charge in [0.25, 0.3) is 5.69 Å². The molecule has 3 aromatic rings. The highest BCUT2D eigenvalue weighted by Gasteiger charge is 2.31. The van der Waals surface area contributed by atoms with Crippen molar-refractivity contribution in [3.05, 3.63) is 76.1 Å². The van der Waals surface area contributed by atoms with E-state index in [2.05, 4.69) is 14.8 Å². The molecule has 7 heteroatoms. The molecule has 0 atom stereocenters. The van der Waals surface area contributed by atoms with Crippen LogP contribution >= 0.6 is 11.8 Å². The second-order valence-electron chi connectivity index (χ2n) is 6.00. The normalized spacial score (nSPS) is 13.8. The van der Waals surface area contributed by atoms with Crippen LogP contribution in [0.3, 0.4) is 0 Å². The second kappa shape index (κ2) is 6.68. The number of nitro groups is 1. The van der Waals surface area contributed by atoms with E-state index < -0.39 is 0 Å². The average molecular weight is 352 g/mol. The molecule has 2 aromatic carbocycles. The van der Waals surface area contributed by atoms with Gasteiger partial charge >= 0.3 is 0 Å². The molecule has 0 aliphatic heterocycles. The number of hydrogen-bond acceptors (Lipinski definition) is 5. The summed E-state index contributed by atoms with van der Waals surface area (Å²) >= 11 is 1.55. The predicted molar refractivity (Wildman–Crippen MR) is 96.0 cm³/mol. The zero-order chi connectivity index (χ0) is 17.2. The lowest BCUT2D eigenvalue weighted by Crippen LogP contribution is -2.01. The largest absolute Gasteiger partial charge is 0.274 e. The summed E-state index contributed by atoms with van der Waals surface area (Å²) in [6.07, 6.45) is 2.31. The molecule has 1 fully saturated rings. The molecular weight excluding hydrogens is 336 g/mol. The van der Waals surface area contributed by atoms with Gasteiger partial charge in [0.15, 0.2) is 5.16 Å². The lowest BCUT2D eigenvalue weighted by molar-refractivity contribution is -0.384. The number of nitro benzene ring substituents is 1. The van der Waals surface area contributed by atoms with Crippen molar-refractivity contribution in [1.29, 1.82) is 0 Å². The van der Waals surface area contributed by atoms with Crippen molar-refractivity contribution in [3.63, 3.8) is 0 Å². The Bertz CT molecular complexity index is 906. The maximum absolute atomic E-state index is 10.9. The Hall–Kier alpha value is -2.67. The molecule has 0 spiro atoms. The second-order valence-corrected chi connectivity index (χ2v) is 6.94. The average Bonchev–Trinajstić information content (AvgIpc) is 3.40. The fourth-order valence-corrected chi connectivity index (χ4v) is 3.61. The van der Waals surface area contributed by atoms with E-state index in [4.69, 9.17) is 0 Å². The third-order valence-electron chi connectivity index (χ3n) is 4.10. The Morgan fingerprint density at radius 1 is 1.12 bits per heavy atom. The topological polar surface area (TPSA) is 73.8 Å². The lowest BCUT2D eigenvalue weighted by Gasteiger charge is -2.09. The minimum absolute atomic E-state index is 0.112. The fourth-order valence-electron chi connectivity index (χ4n) is 2.71. The molecular formula is C18H16N4O2S. The van der Waals surface area contributed by atoms with Crippen molar-refractivity contribution < 1.29 is 4.92 Å². The minimum atomic E-state index is -0.369. The Morgan fingerprint density at radius 2 is 1.92 bits per heavy atom. The van der Waals surface area contributed by atoms with Crippen LogP contribution in [-0.4, -0.2) is 19.7 Å². The molecule has 1 aliphatic rings. The molecule has 126 valence electrons. The van der Waals surface area contributed by atoms with Gasteiger partial charge < -0.3 is 0 Å². The SMILES string of the molecule is O=[N+]([O-])c1cccc(CSc2nnc(C3CC3)n2-c2ccccc2)c1.